The Hall–Kier alpha value is -1.17. The van der Waals surface area contributed by atoms with Gasteiger partial charge in [0, 0.05) is 5.56 Å². The third kappa shape index (κ3) is 3.36. The SMILES string of the molecule is COc1ccc(C(F)(F)F)nc1-c1cc(Cl)c(Cl)cc1Cl. The number of hydrogen-bond acceptors (Lipinski definition) is 2. The topological polar surface area (TPSA) is 22.1 Å². The summed E-state index contributed by atoms with van der Waals surface area (Å²) in [5.74, 6) is 0.142. The van der Waals surface area contributed by atoms with Gasteiger partial charge in [0.25, 0.3) is 0 Å². The van der Waals surface area contributed by atoms with E-state index in [0.29, 0.717) is 0 Å². The normalized spacial score (nSPS) is 11.6. The maximum absolute atomic E-state index is 12.8. The summed E-state index contributed by atoms with van der Waals surface area (Å²) in [6.07, 6.45) is -4.58. The van der Waals surface area contributed by atoms with E-state index in [0.717, 1.165) is 6.07 Å². The molecule has 0 unspecified atom stereocenters. The van der Waals surface area contributed by atoms with Gasteiger partial charge in [-0.25, -0.2) is 4.98 Å². The van der Waals surface area contributed by atoms with E-state index >= 15 is 0 Å². The maximum Gasteiger partial charge on any atom is 0.433 e. The number of nitrogens with zero attached hydrogens (tertiary/aromatic N) is 1. The van der Waals surface area contributed by atoms with Gasteiger partial charge in [-0.3, -0.25) is 0 Å². The lowest BCUT2D eigenvalue weighted by Crippen LogP contribution is -2.09. The Morgan fingerprint density at radius 2 is 1.62 bits per heavy atom. The minimum atomic E-state index is -4.58. The van der Waals surface area contributed by atoms with E-state index in [1.54, 1.807) is 0 Å². The average Bonchev–Trinajstić information content (AvgIpc) is 2.41. The van der Waals surface area contributed by atoms with Crippen LogP contribution in [-0.2, 0) is 6.18 Å². The predicted molar refractivity (Wildman–Crippen MR) is 76.3 cm³/mol. The van der Waals surface area contributed by atoms with Crippen LogP contribution in [0.5, 0.6) is 5.75 Å². The van der Waals surface area contributed by atoms with Crippen molar-refractivity contribution in [1.29, 1.82) is 0 Å². The standard InChI is InChI=1S/C13H7Cl3F3NO/c1-21-10-2-3-11(13(17,18)19)20-12(10)6-4-8(15)9(16)5-7(6)14/h2-5H,1H3. The zero-order valence-electron chi connectivity index (χ0n) is 10.4. The number of ether oxygens (including phenoxy) is 1. The summed E-state index contributed by atoms with van der Waals surface area (Å²) < 4.78 is 43.4. The van der Waals surface area contributed by atoms with Crippen LogP contribution in [0.25, 0.3) is 11.3 Å². The van der Waals surface area contributed by atoms with Crippen molar-refractivity contribution in [3.05, 3.63) is 45.0 Å². The Balaban J connectivity index is 2.70. The number of hydrogen-bond donors (Lipinski definition) is 0. The van der Waals surface area contributed by atoms with Crippen molar-refractivity contribution in [1.82, 2.24) is 4.98 Å². The van der Waals surface area contributed by atoms with Gasteiger partial charge in [0.05, 0.1) is 22.2 Å². The van der Waals surface area contributed by atoms with Crippen LogP contribution in [0.15, 0.2) is 24.3 Å². The number of aromatic nitrogens is 1. The van der Waals surface area contributed by atoms with Crippen molar-refractivity contribution >= 4 is 34.8 Å². The van der Waals surface area contributed by atoms with Crippen LogP contribution in [0.1, 0.15) is 5.69 Å². The highest BCUT2D eigenvalue weighted by molar-refractivity contribution is 6.44. The molecule has 0 aliphatic carbocycles. The van der Waals surface area contributed by atoms with Crippen LogP contribution >= 0.6 is 34.8 Å². The predicted octanol–water partition coefficient (Wildman–Crippen LogP) is 5.74. The molecule has 0 aliphatic rings. The minimum absolute atomic E-state index is 0.0594. The van der Waals surface area contributed by atoms with Gasteiger partial charge < -0.3 is 4.74 Å². The van der Waals surface area contributed by atoms with Gasteiger partial charge in [0.15, 0.2) is 0 Å². The molecule has 8 heteroatoms. The lowest BCUT2D eigenvalue weighted by atomic mass is 10.1. The largest absolute Gasteiger partial charge is 0.494 e. The molecular formula is C13H7Cl3F3NO. The molecule has 2 nitrogen and oxygen atoms in total. The van der Waals surface area contributed by atoms with Crippen molar-refractivity contribution in [2.24, 2.45) is 0 Å². The van der Waals surface area contributed by atoms with Crippen LogP contribution in [0.3, 0.4) is 0 Å². The van der Waals surface area contributed by atoms with Crippen molar-refractivity contribution < 1.29 is 17.9 Å². The summed E-state index contributed by atoms with van der Waals surface area (Å²) in [5, 5.41) is 0.461. The summed E-state index contributed by atoms with van der Waals surface area (Å²) in [7, 11) is 1.32. The van der Waals surface area contributed by atoms with Crippen LogP contribution in [0, 0.1) is 0 Å². The average molecular weight is 357 g/mol. The molecule has 0 atom stereocenters. The van der Waals surface area contributed by atoms with Gasteiger partial charge >= 0.3 is 6.18 Å². The van der Waals surface area contributed by atoms with Crippen LogP contribution in [0.4, 0.5) is 13.2 Å². The first-order valence-corrected chi connectivity index (χ1v) is 6.64. The van der Waals surface area contributed by atoms with Gasteiger partial charge in [-0.15, -0.1) is 0 Å². The highest BCUT2D eigenvalue weighted by Gasteiger charge is 2.33. The van der Waals surface area contributed by atoms with Crippen LogP contribution in [-0.4, -0.2) is 12.1 Å². The molecule has 0 bridgehead atoms. The van der Waals surface area contributed by atoms with E-state index in [1.165, 1.54) is 25.3 Å². The third-order valence-corrected chi connectivity index (χ3v) is 3.67. The van der Waals surface area contributed by atoms with E-state index in [-0.39, 0.29) is 32.1 Å². The van der Waals surface area contributed by atoms with Gasteiger partial charge in [-0.2, -0.15) is 13.2 Å². The molecule has 1 aromatic carbocycles. The van der Waals surface area contributed by atoms with E-state index in [4.69, 9.17) is 39.5 Å². The highest BCUT2D eigenvalue weighted by atomic mass is 35.5. The number of alkyl halides is 3. The molecule has 0 amide bonds. The second-order valence-electron chi connectivity index (χ2n) is 3.99. The molecule has 112 valence electrons. The van der Waals surface area contributed by atoms with Gasteiger partial charge in [0.1, 0.15) is 17.1 Å². The van der Waals surface area contributed by atoms with Gasteiger partial charge in [0.2, 0.25) is 0 Å². The van der Waals surface area contributed by atoms with Crippen molar-refractivity contribution in [2.45, 2.75) is 6.18 Å². The number of methoxy groups -OCH3 is 1. The summed E-state index contributed by atoms with van der Waals surface area (Å²) in [4.78, 5) is 3.58. The first-order chi connectivity index (χ1) is 9.74. The fraction of sp³-hybridized carbons (Fsp3) is 0.154. The maximum atomic E-state index is 12.8. The number of halogens is 6. The third-order valence-electron chi connectivity index (χ3n) is 2.63. The van der Waals surface area contributed by atoms with Crippen molar-refractivity contribution in [3.8, 4) is 17.0 Å². The molecule has 21 heavy (non-hydrogen) atoms. The zero-order valence-corrected chi connectivity index (χ0v) is 12.7. The van der Waals surface area contributed by atoms with Crippen LogP contribution in [0.2, 0.25) is 15.1 Å². The molecule has 0 radical (unpaired) electrons. The molecule has 0 saturated heterocycles. The van der Waals surface area contributed by atoms with Crippen molar-refractivity contribution in [3.63, 3.8) is 0 Å². The first-order valence-electron chi connectivity index (χ1n) is 5.51. The Labute approximate surface area is 133 Å². The Morgan fingerprint density at radius 1 is 1.00 bits per heavy atom. The number of benzene rings is 1. The van der Waals surface area contributed by atoms with E-state index < -0.39 is 11.9 Å². The number of pyridine rings is 1. The molecule has 2 rings (SSSR count). The molecule has 2 aromatic rings. The fourth-order valence-electron chi connectivity index (χ4n) is 1.67. The fourth-order valence-corrected chi connectivity index (χ4v) is 2.30. The molecule has 0 spiro atoms. The lowest BCUT2D eigenvalue weighted by Gasteiger charge is -2.13. The Morgan fingerprint density at radius 3 is 2.19 bits per heavy atom. The molecule has 0 aliphatic heterocycles. The second kappa shape index (κ2) is 5.91. The molecule has 0 saturated carbocycles. The summed E-state index contributed by atoms with van der Waals surface area (Å²) >= 11 is 17.7. The Bertz CT molecular complexity index is 689. The highest BCUT2D eigenvalue weighted by Crippen LogP contribution is 2.40. The van der Waals surface area contributed by atoms with Gasteiger partial charge in [-0.1, -0.05) is 34.8 Å². The molecule has 0 N–H and O–H groups in total. The van der Waals surface area contributed by atoms with E-state index in [9.17, 15) is 13.2 Å². The summed E-state index contributed by atoms with van der Waals surface area (Å²) in [5.41, 5.74) is -0.912. The van der Waals surface area contributed by atoms with E-state index in [2.05, 4.69) is 4.98 Å². The van der Waals surface area contributed by atoms with Gasteiger partial charge in [-0.05, 0) is 24.3 Å². The van der Waals surface area contributed by atoms with E-state index in [1.807, 2.05) is 0 Å². The first kappa shape index (κ1) is 16.2. The minimum Gasteiger partial charge on any atom is -0.494 e. The lowest BCUT2D eigenvalue weighted by molar-refractivity contribution is -0.141. The molecule has 0 fully saturated rings. The summed E-state index contributed by atoms with van der Waals surface area (Å²) in [6.45, 7) is 0. The summed E-state index contributed by atoms with van der Waals surface area (Å²) in [6, 6.07) is 4.68. The zero-order chi connectivity index (χ0) is 15.8. The number of rotatable bonds is 2. The monoisotopic (exact) mass is 355 g/mol. The molecule has 1 aromatic heterocycles. The van der Waals surface area contributed by atoms with Crippen LogP contribution < -0.4 is 4.74 Å². The van der Waals surface area contributed by atoms with Crippen molar-refractivity contribution in [2.75, 3.05) is 7.11 Å². The molecule has 1 heterocycles. The molecular weight excluding hydrogens is 350 g/mol. The second-order valence-corrected chi connectivity index (χ2v) is 5.21. The Kier molecular flexibility index (Phi) is 4.56. The quantitative estimate of drug-likeness (QED) is 0.640. The smallest absolute Gasteiger partial charge is 0.433 e.